The number of hydrogen-bond donors (Lipinski definition) is 2. The number of benzene rings is 1. The minimum absolute atomic E-state index is 0.318. The van der Waals surface area contributed by atoms with Gasteiger partial charge in [0.15, 0.2) is 0 Å². The average molecular weight is 297 g/mol. The molecule has 2 rings (SSSR count). The number of rotatable bonds is 6. The van der Waals surface area contributed by atoms with Crippen molar-refractivity contribution in [3.8, 4) is 5.75 Å². The van der Waals surface area contributed by atoms with E-state index in [1.54, 1.807) is 13.2 Å². The molecule has 1 aromatic carbocycles. The summed E-state index contributed by atoms with van der Waals surface area (Å²) in [5.74, 6) is 1.14. The molecule has 1 heterocycles. The number of hydrogen-bond acceptors (Lipinski definition) is 6. The van der Waals surface area contributed by atoms with Crippen LogP contribution in [0.3, 0.4) is 0 Å². The smallest absolute Gasteiger partial charge is 0.320 e. The Hall–Kier alpha value is -1.79. The van der Waals surface area contributed by atoms with Crippen molar-refractivity contribution in [2.75, 3.05) is 19.0 Å². The number of methoxy groups -OCH3 is 1. The van der Waals surface area contributed by atoms with Crippen molar-refractivity contribution in [2.45, 2.75) is 20.4 Å². The molecule has 2 aromatic rings. The Balaban J connectivity index is 2.17. The summed E-state index contributed by atoms with van der Waals surface area (Å²) in [4.78, 5) is 0. The van der Waals surface area contributed by atoms with Gasteiger partial charge in [0.05, 0.1) is 19.3 Å². The zero-order chi connectivity index (χ0) is 14.5. The molecular weight excluding hydrogens is 280 g/mol. The maximum absolute atomic E-state index is 6.06. The van der Waals surface area contributed by atoms with Crippen molar-refractivity contribution < 1.29 is 9.15 Å². The molecule has 0 unspecified atom stereocenters. The fourth-order valence-electron chi connectivity index (χ4n) is 1.65. The minimum atomic E-state index is 0.318. The molecule has 0 aliphatic carbocycles. The number of halogens is 1. The molecule has 20 heavy (non-hydrogen) atoms. The van der Waals surface area contributed by atoms with E-state index in [4.69, 9.17) is 20.8 Å². The van der Waals surface area contributed by atoms with Crippen LogP contribution in [-0.4, -0.2) is 23.9 Å². The van der Waals surface area contributed by atoms with E-state index in [1.807, 2.05) is 19.9 Å². The molecule has 0 saturated carbocycles. The van der Waals surface area contributed by atoms with E-state index in [1.165, 1.54) is 0 Å². The third kappa shape index (κ3) is 3.40. The molecule has 0 fully saturated rings. The van der Waals surface area contributed by atoms with Crippen LogP contribution in [0.4, 0.5) is 11.7 Å². The van der Waals surface area contributed by atoms with Crippen LogP contribution >= 0.6 is 11.6 Å². The number of aromatic nitrogens is 2. The number of nitrogens with one attached hydrogen (secondary N) is 2. The standard InChI is InChI=1S/C13H17ClN4O2/c1-4-15-7-12-17-18-13(20-12)16-10-5-8(2)9(14)6-11(10)19-3/h5-6,15H,4,7H2,1-3H3,(H,16,18). The normalized spacial score (nSPS) is 10.6. The van der Waals surface area contributed by atoms with E-state index in [0.717, 1.165) is 17.8 Å². The summed E-state index contributed by atoms with van der Waals surface area (Å²) in [5.41, 5.74) is 1.66. The summed E-state index contributed by atoms with van der Waals surface area (Å²) in [5, 5.41) is 14.7. The number of ether oxygens (including phenoxy) is 1. The highest BCUT2D eigenvalue weighted by molar-refractivity contribution is 6.31. The summed E-state index contributed by atoms with van der Waals surface area (Å²) in [7, 11) is 1.58. The zero-order valence-electron chi connectivity index (χ0n) is 11.7. The lowest BCUT2D eigenvalue weighted by molar-refractivity contribution is 0.416. The minimum Gasteiger partial charge on any atom is -0.495 e. The second-order valence-corrected chi connectivity index (χ2v) is 4.62. The van der Waals surface area contributed by atoms with E-state index in [0.29, 0.717) is 29.2 Å². The lowest BCUT2D eigenvalue weighted by Crippen LogP contribution is -2.11. The molecule has 0 spiro atoms. The molecule has 1 aromatic heterocycles. The Morgan fingerprint density at radius 1 is 1.35 bits per heavy atom. The van der Waals surface area contributed by atoms with Gasteiger partial charge in [0.25, 0.3) is 0 Å². The average Bonchev–Trinajstić information content (AvgIpc) is 2.88. The highest BCUT2D eigenvalue weighted by Gasteiger charge is 2.11. The van der Waals surface area contributed by atoms with Crippen molar-refractivity contribution >= 4 is 23.3 Å². The fraction of sp³-hybridized carbons (Fsp3) is 0.385. The topological polar surface area (TPSA) is 72.2 Å². The third-order valence-corrected chi connectivity index (χ3v) is 3.12. The van der Waals surface area contributed by atoms with Gasteiger partial charge in [0.1, 0.15) is 5.75 Å². The molecule has 0 radical (unpaired) electrons. The molecule has 6 nitrogen and oxygen atoms in total. The van der Waals surface area contributed by atoms with Gasteiger partial charge < -0.3 is 19.8 Å². The molecule has 0 saturated heterocycles. The van der Waals surface area contributed by atoms with Crippen molar-refractivity contribution in [1.82, 2.24) is 15.5 Å². The predicted molar refractivity (Wildman–Crippen MR) is 77.7 cm³/mol. The van der Waals surface area contributed by atoms with Crippen LogP contribution in [0.25, 0.3) is 0 Å². The molecule has 108 valence electrons. The zero-order valence-corrected chi connectivity index (χ0v) is 12.4. The van der Waals surface area contributed by atoms with Gasteiger partial charge in [0.2, 0.25) is 5.89 Å². The van der Waals surface area contributed by atoms with E-state index in [-0.39, 0.29) is 0 Å². The van der Waals surface area contributed by atoms with Crippen molar-refractivity contribution in [2.24, 2.45) is 0 Å². The van der Waals surface area contributed by atoms with Gasteiger partial charge in [0, 0.05) is 11.1 Å². The fourth-order valence-corrected chi connectivity index (χ4v) is 1.81. The van der Waals surface area contributed by atoms with Crippen LogP contribution in [0, 0.1) is 6.92 Å². The van der Waals surface area contributed by atoms with Gasteiger partial charge in [-0.2, -0.15) is 0 Å². The summed E-state index contributed by atoms with van der Waals surface area (Å²) < 4.78 is 10.8. The Morgan fingerprint density at radius 2 is 2.15 bits per heavy atom. The Kier molecular flexibility index (Phi) is 4.81. The van der Waals surface area contributed by atoms with Gasteiger partial charge in [-0.05, 0) is 25.1 Å². The van der Waals surface area contributed by atoms with Gasteiger partial charge in [-0.3, -0.25) is 0 Å². The van der Waals surface area contributed by atoms with Crippen molar-refractivity contribution in [3.05, 3.63) is 28.6 Å². The molecular formula is C13H17ClN4O2. The first-order valence-electron chi connectivity index (χ1n) is 6.28. The van der Waals surface area contributed by atoms with E-state index in [2.05, 4.69) is 20.8 Å². The third-order valence-electron chi connectivity index (χ3n) is 2.72. The largest absolute Gasteiger partial charge is 0.495 e. The molecule has 0 atom stereocenters. The first kappa shape index (κ1) is 14.6. The van der Waals surface area contributed by atoms with Crippen LogP contribution in [0.1, 0.15) is 18.4 Å². The molecule has 2 N–H and O–H groups in total. The van der Waals surface area contributed by atoms with Crippen LogP contribution in [0.15, 0.2) is 16.5 Å². The summed E-state index contributed by atoms with van der Waals surface area (Å²) in [6.07, 6.45) is 0. The van der Waals surface area contributed by atoms with Crippen LogP contribution in [-0.2, 0) is 6.54 Å². The van der Waals surface area contributed by atoms with Crippen molar-refractivity contribution in [3.63, 3.8) is 0 Å². The van der Waals surface area contributed by atoms with Gasteiger partial charge in [-0.25, -0.2) is 0 Å². The molecule has 0 bridgehead atoms. The summed E-state index contributed by atoms with van der Waals surface area (Å²) in [6, 6.07) is 3.93. The SMILES string of the molecule is CCNCc1nnc(Nc2cc(C)c(Cl)cc2OC)o1. The van der Waals surface area contributed by atoms with Crippen LogP contribution < -0.4 is 15.4 Å². The summed E-state index contributed by atoms with van der Waals surface area (Å²) in [6.45, 7) is 5.31. The maximum Gasteiger partial charge on any atom is 0.320 e. The highest BCUT2D eigenvalue weighted by atomic mass is 35.5. The monoisotopic (exact) mass is 296 g/mol. The first-order valence-corrected chi connectivity index (χ1v) is 6.66. The van der Waals surface area contributed by atoms with E-state index >= 15 is 0 Å². The Bertz CT molecular complexity index is 586. The van der Waals surface area contributed by atoms with Crippen molar-refractivity contribution in [1.29, 1.82) is 0 Å². The lowest BCUT2D eigenvalue weighted by atomic mass is 10.2. The molecule has 0 aliphatic heterocycles. The quantitative estimate of drug-likeness (QED) is 0.854. The van der Waals surface area contributed by atoms with E-state index < -0.39 is 0 Å². The number of anilines is 2. The van der Waals surface area contributed by atoms with Gasteiger partial charge in [-0.15, -0.1) is 5.10 Å². The predicted octanol–water partition coefficient (Wildman–Crippen LogP) is 2.89. The van der Waals surface area contributed by atoms with Crippen LogP contribution in [0.5, 0.6) is 5.75 Å². The highest BCUT2D eigenvalue weighted by Crippen LogP contribution is 2.32. The van der Waals surface area contributed by atoms with Crippen LogP contribution in [0.2, 0.25) is 5.02 Å². The van der Waals surface area contributed by atoms with E-state index in [9.17, 15) is 0 Å². The lowest BCUT2D eigenvalue weighted by Gasteiger charge is -2.10. The first-order chi connectivity index (χ1) is 9.63. The maximum atomic E-state index is 6.06. The van der Waals surface area contributed by atoms with Gasteiger partial charge in [-0.1, -0.05) is 23.6 Å². The number of nitrogens with zero attached hydrogens (tertiary/aromatic N) is 2. The number of aryl methyl sites for hydroxylation is 1. The molecule has 0 aliphatic rings. The molecule has 0 amide bonds. The Morgan fingerprint density at radius 3 is 2.85 bits per heavy atom. The molecule has 7 heteroatoms. The van der Waals surface area contributed by atoms with Gasteiger partial charge >= 0.3 is 6.01 Å². The second-order valence-electron chi connectivity index (χ2n) is 4.21. The Labute approximate surface area is 122 Å². The second kappa shape index (κ2) is 6.58. The summed E-state index contributed by atoms with van der Waals surface area (Å²) >= 11 is 6.06.